The number of rotatable bonds is 10. The predicted molar refractivity (Wildman–Crippen MR) is 193 cm³/mol. The van der Waals surface area contributed by atoms with E-state index in [0.717, 1.165) is 33.0 Å². The highest BCUT2D eigenvalue weighted by Crippen LogP contribution is 2.30. The highest BCUT2D eigenvalue weighted by molar-refractivity contribution is 7.98. The Morgan fingerprint density at radius 3 is 2.35 bits per heavy atom. The monoisotopic (exact) mass is 705 g/mol. The summed E-state index contributed by atoms with van der Waals surface area (Å²) in [5, 5.41) is 20.6. The van der Waals surface area contributed by atoms with Gasteiger partial charge in [0.05, 0.1) is 22.9 Å². The number of thioether (sulfide) groups is 1. The van der Waals surface area contributed by atoms with Crippen LogP contribution in [0.4, 0.5) is 10.6 Å². The maximum absolute atomic E-state index is 13.3. The van der Waals surface area contributed by atoms with E-state index in [1.54, 1.807) is 39.2 Å². The molecule has 0 radical (unpaired) electrons. The van der Waals surface area contributed by atoms with Crippen molar-refractivity contribution in [2.75, 3.05) is 11.6 Å². The number of nitrogens with one attached hydrogen (secondary N) is 2. The third kappa shape index (κ3) is 8.01. The zero-order valence-electron chi connectivity index (χ0n) is 27.3. The topological polar surface area (TPSA) is 110 Å². The lowest BCUT2D eigenvalue weighted by molar-refractivity contribution is 0.251. The first kappa shape index (κ1) is 34.9. The number of carbonyl (C=O) groups is 1. The molecule has 2 aromatic heterocycles. The van der Waals surface area contributed by atoms with Gasteiger partial charge in [-0.1, -0.05) is 86.4 Å². The summed E-state index contributed by atoms with van der Waals surface area (Å²) < 4.78 is 9.30. The first-order valence-corrected chi connectivity index (χ1v) is 17.2. The lowest BCUT2D eigenvalue weighted by Crippen LogP contribution is -2.29. The Labute approximate surface area is 293 Å². The number of nitrogens with zero attached hydrogens (tertiary/aromatic N) is 3. The molecule has 2 amide bonds. The fourth-order valence-electron chi connectivity index (χ4n) is 5.04. The van der Waals surface area contributed by atoms with Crippen molar-refractivity contribution >= 4 is 46.8 Å². The molecule has 3 N–H and O–H groups in total. The summed E-state index contributed by atoms with van der Waals surface area (Å²) in [5.74, 6) is 0.687. The second-order valence-corrected chi connectivity index (χ2v) is 13.9. The molecule has 0 saturated heterocycles. The van der Waals surface area contributed by atoms with Crippen molar-refractivity contribution in [2.24, 2.45) is 0 Å². The van der Waals surface area contributed by atoms with Crippen molar-refractivity contribution in [3.63, 3.8) is 0 Å². The number of hydrogen-bond acceptors (Lipinski definition) is 6. The van der Waals surface area contributed by atoms with E-state index >= 15 is 0 Å². The SMILES string of the molecule is CSc1ccccc1Cn1c(C)cc(OCc2ccccc2CNC(=O)Nc2cc(C(C)(C)C)nn2-c2ccc(O)c(Cl)c2)c(Cl)c1=O. The Morgan fingerprint density at radius 2 is 1.67 bits per heavy atom. The number of carbonyl (C=O) groups excluding carboxylic acids is 1. The van der Waals surface area contributed by atoms with Gasteiger partial charge < -0.3 is 19.7 Å². The van der Waals surface area contributed by atoms with Gasteiger partial charge in [-0.25, -0.2) is 9.48 Å². The zero-order valence-corrected chi connectivity index (χ0v) is 29.6. The quantitative estimate of drug-likeness (QED) is 0.126. The standard InChI is InChI=1S/C36H37Cl2N5O4S/c1-22-16-29(33(38)34(45)42(22)20-24-11-8-9-13-30(24)48-5)47-21-25-12-7-6-10-23(25)19-39-35(46)40-32-18-31(36(2,3)4)41-43(32)26-14-15-28(44)27(37)17-26/h6-18,44H,19-21H2,1-5H3,(H2,39,40,46). The van der Waals surface area contributed by atoms with E-state index in [0.29, 0.717) is 23.8 Å². The fourth-order valence-corrected chi connectivity index (χ4v) is 6.04. The number of amides is 2. The maximum atomic E-state index is 13.3. The summed E-state index contributed by atoms with van der Waals surface area (Å²) in [6, 6.07) is 23.4. The van der Waals surface area contributed by atoms with Crippen LogP contribution in [0.1, 0.15) is 48.8 Å². The van der Waals surface area contributed by atoms with Gasteiger partial charge in [0.2, 0.25) is 0 Å². The molecule has 48 heavy (non-hydrogen) atoms. The summed E-state index contributed by atoms with van der Waals surface area (Å²) in [5.41, 5.74) is 4.15. The van der Waals surface area contributed by atoms with Crippen molar-refractivity contribution < 1.29 is 14.6 Å². The first-order chi connectivity index (χ1) is 22.8. The summed E-state index contributed by atoms with van der Waals surface area (Å²) in [6.07, 6.45) is 2.01. The second-order valence-electron chi connectivity index (χ2n) is 12.2. The van der Waals surface area contributed by atoms with Gasteiger partial charge in [-0.15, -0.1) is 11.8 Å². The number of aryl methyl sites for hydroxylation is 1. The Kier molecular flexibility index (Phi) is 10.8. The normalized spacial score (nSPS) is 11.4. The number of anilines is 1. The van der Waals surface area contributed by atoms with Gasteiger partial charge in [-0.3, -0.25) is 10.1 Å². The number of aromatic nitrogens is 3. The number of pyridine rings is 1. The van der Waals surface area contributed by atoms with Gasteiger partial charge in [0.25, 0.3) is 5.56 Å². The number of aromatic hydroxyl groups is 1. The Morgan fingerprint density at radius 1 is 0.979 bits per heavy atom. The molecule has 12 heteroatoms. The van der Waals surface area contributed by atoms with E-state index in [1.807, 2.05) is 88.5 Å². The van der Waals surface area contributed by atoms with Gasteiger partial charge in [-0.05, 0) is 54.1 Å². The van der Waals surface area contributed by atoms with Crippen LogP contribution in [-0.4, -0.2) is 31.7 Å². The van der Waals surface area contributed by atoms with Crippen LogP contribution >= 0.6 is 35.0 Å². The molecule has 9 nitrogen and oxygen atoms in total. The fraction of sp³-hybridized carbons (Fsp3) is 0.250. The number of ether oxygens (including phenoxy) is 1. The molecule has 250 valence electrons. The number of hydrogen-bond donors (Lipinski definition) is 3. The summed E-state index contributed by atoms with van der Waals surface area (Å²) >= 11 is 14.3. The predicted octanol–water partition coefficient (Wildman–Crippen LogP) is 8.32. The molecule has 5 rings (SSSR count). The van der Waals surface area contributed by atoms with E-state index in [-0.39, 0.29) is 39.9 Å². The lowest BCUT2D eigenvalue weighted by Gasteiger charge is -2.17. The molecule has 0 aliphatic carbocycles. The third-order valence-electron chi connectivity index (χ3n) is 7.77. The minimum absolute atomic E-state index is 0.0124. The average molecular weight is 707 g/mol. The van der Waals surface area contributed by atoms with Crippen LogP contribution in [0.15, 0.2) is 88.6 Å². The van der Waals surface area contributed by atoms with Crippen LogP contribution in [0.25, 0.3) is 5.69 Å². The van der Waals surface area contributed by atoms with E-state index in [1.165, 1.54) is 6.07 Å². The van der Waals surface area contributed by atoms with Gasteiger partial charge in [0, 0.05) is 34.7 Å². The van der Waals surface area contributed by atoms with Gasteiger partial charge >= 0.3 is 6.03 Å². The van der Waals surface area contributed by atoms with Crippen LogP contribution < -0.4 is 20.9 Å². The van der Waals surface area contributed by atoms with Crippen LogP contribution in [-0.2, 0) is 25.1 Å². The highest BCUT2D eigenvalue weighted by atomic mass is 35.5. The van der Waals surface area contributed by atoms with Crippen molar-refractivity contribution in [3.05, 3.63) is 127 Å². The highest BCUT2D eigenvalue weighted by Gasteiger charge is 2.22. The van der Waals surface area contributed by atoms with E-state index in [4.69, 9.17) is 33.0 Å². The van der Waals surface area contributed by atoms with Crippen molar-refractivity contribution in [3.8, 4) is 17.2 Å². The van der Waals surface area contributed by atoms with Gasteiger partial charge in [0.1, 0.15) is 28.9 Å². The van der Waals surface area contributed by atoms with Gasteiger partial charge in [-0.2, -0.15) is 5.10 Å². The molecule has 0 spiro atoms. The molecule has 2 heterocycles. The molecular formula is C36H37Cl2N5O4S. The summed E-state index contributed by atoms with van der Waals surface area (Å²) in [4.78, 5) is 27.5. The average Bonchev–Trinajstić information content (AvgIpc) is 3.49. The Hall–Kier alpha value is -4.38. The minimum atomic E-state index is -0.442. The summed E-state index contributed by atoms with van der Waals surface area (Å²) in [7, 11) is 0. The number of urea groups is 1. The van der Waals surface area contributed by atoms with Crippen LogP contribution in [0, 0.1) is 6.92 Å². The minimum Gasteiger partial charge on any atom is -0.506 e. The smallest absolute Gasteiger partial charge is 0.320 e. The molecule has 0 fully saturated rings. The molecule has 0 aliphatic heterocycles. The van der Waals surface area contributed by atoms with Crippen molar-refractivity contribution in [1.29, 1.82) is 0 Å². The van der Waals surface area contributed by atoms with Crippen LogP contribution in [0.3, 0.4) is 0 Å². The van der Waals surface area contributed by atoms with Crippen LogP contribution in [0.5, 0.6) is 11.5 Å². The Bertz CT molecular complexity index is 2020. The zero-order chi connectivity index (χ0) is 34.6. The molecule has 0 aliphatic rings. The second kappa shape index (κ2) is 14.8. The number of phenols is 1. The van der Waals surface area contributed by atoms with Crippen molar-refractivity contribution in [1.82, 2.24) is 19.7 Å². The molecule has 0 atom stereocenters. The molecule has 0 saturated carbocycles. The maximum Gasteiger partial charge on any atom is 0.320 e. The molecule has 0 unspecified atom stereocenters. The molecule has 0 bridgehead atoms. The Balaban J connectivity index is 1.28. The summed E-state index contributed by atoms with van der Waals surface area (Å²) in [6.45, 7) is 8.68. The van der Waals surface area contributed by atoms with E-state index < -0.39 is 6.03 Å². The number of halogens is 2. The lowest BCUT2D eigenvalue weighted by atomic mass is 9.92. The number of phenolic OH excluding ortho intramolecular Hbond substituents is 1. The largest absolute Gasteiger partial charge is 0.506 e. The van der Waals surface area contributed by atoms with Crippen molar-refractivity contribution in [2.45, 2.75) is 57.7 Å². The molecular weight excluding hydrogens is 669 g/mol. The molecule has 5 aromatic rings. The third-order valence-corrected chi connectivity index (χ3v) is 9.26. The molecule has 3 aromatic carbocycles. The number of benzene rings is 3. The van der Waals surface area contributed by atoms with E-state index in [9.17, 15) is 14.7 Å². The van der Waals surface area contributed by atoms with Gasteiger partial charge in [0.15, 0.2) is 0 Å². The van der Waals surface area contributed by atoms with Crippen LogP contribution in [0.2, 0.25) is 10.0 Å². The van der Waals surface area contributed by atoms with E-state index in [2.05, 4.69) is 10.6 Å². The first-order valence-electron chi connectivity index (χ1n) is 15.2.